The minimum atomic E-state index is -0.663. The Balaban J connectivity index is 1.31. The summed E-state index contributed by atoms with van der Waals surface area (Å²) >= 11 is 0. The zero-order valence-electron chi connectivity index (χ0n) is 16.2. The summed E-state index contributed by atoms with van der Waals surface area (Å²) in [5, 5.41) is 3.71. The fourth-order valence-electron chi connectivity index (χ4n) is 3.62. The predicted molar refractivity (Wildman–Crippen MR) is 113 cm³/mol. The molecule has 1 aromatic heterocycles. The number of nitrogens with one attached hydrogen (secondary N) is 1. The number of anilines is 1. The Morgan fingerprint density at radius 3 is 2.73 bits per heavy atom. The molecule has 0 bridgehead atoms. The van der Waals surface area contributed by atoms with E-state index in [1.165, 1.54) is 0 Å². The van der Waals surface area contributed by atoms with Crippen molar-refractivity contribution in [2.24, 2.45) is 4.99 Å². The van der Waals surface area contributed by atoms with E-state index in [2.05, 4.69) is 15.3 Å². The third kappa shape index (κ3) is 3.39. The van der Waals surface area contributed by atoms with Gasteiger partial charge in [-0.2, -0.15) is 0 Å². The summed E-state index contributed by atoms with van der Waals surface area (Å²) in [6.07, 6.45) is 2.64. The van der Waals surface area contributed by atoms with Crippen molar-refractivity contribution in [3.63, 3.8) is 0 Å². The van der Waals surface area contributed by atoms with E-state index in [0.717, 1.165) is 29.3 Å². The minimum Gasteiger partial charge on any atom is -0.445 e. The number of amidine groups is 1. The van der Waals surface area contributed by atoms with Crippen LogP contribution < -0.4 is 10.2 Å². The summed E-state index contributed by atoms with van der Waals surface area (Å²) in [5.74, 6) is 0.469. The number of benzene rings is 2. The molecule has 3 aromatic rings. The predicted octanol–water partition coefficient (Wildman–Crippen LogP) is 3.44. The van der Waals surface area contributed by atoms with E-state index in [-0.39, 0.29) is 19.1 Å². The Bertz CT molecular complexity index is 1160. The number of fused-ring (bicyclic) bond motifs is 1. The SMILES string of the molecule is O=C(NCC1=NC2(CC2)C(=O)N1c1ccc2cccnc2c1)OCc1ccccc1. The van der Waals surface area contributed by atoms with Crippen LogP contribution in [0.15, 0.2) is 71.9 Å². The number of amides is 2. The number of hydrogen-bond acceptors (Lipinski definition) is 5. The Labute approximate surface area is 173 Å². The van der Waals surface area contributed by atoms with Crippen LogP contribution in [0.1, 0.15) is 18.4 Å². The summed E-state index contributed by atoms with van der Waals surface area (Å²) in [5.41, 5.74) is 1.75. The van der Waals surface area contributed by atoms with Crippen molar-refractivity contribution in [1.29, 1.82) is 0 Å². The molecule has 7 nitrogen and oxygen atoms in total. The summed E-state index contributed by atoms with van der Waals surface area (Å²) in [6, 6.07) is 19.0. The number of ether oxygens (including phenoxy) is 1. The number of carbonyl (C=O) groups excluding carboxylic acids is 2. The monoisotopic (exact) mass is 400 g/mol. The second-order valence-corrected chi connectivity index (χ2v) is 7.50. The highest BCUT2D eigenvalue weighted by Crippen LogP contribution is 2.46. The van der Waals surface area contributed by atoms with Gasteiger partial charge in [0.25, 0.3) is 5.91 Å². The molecular weight excluding hydrogens is 380 g/mol. The first-order valence-corrected chi connectivity index (χ1v) is 9.87. The molecule has 30 heavy (non-hydrogen) atoms. The molecule has 1 spiro atoms. The van der Waals surface area contributed by atoms with Crippen LogP contribution in [0.2, 0.25) is 0 Å². The van der Waals surface area contributed by atoms with Gasteiger partial charge in [-0.3, -0.25) is 19.7 Å². The molecule has 7 heteroatoms. The van der Waals surface area contributed by atoms with E-state index in [1.54, 1.807) is 11.1 Å². The first-order chi connectivity index (χ1) is 14.6. The van der Waals surface area contributed by atoms with Crippen molar-refractivity contribution in [2.45, 2.75) is 25.0 Å². The number of carbonyl (C=O) groups is 2. The van der Waals surface area contributed by atoms with Gasteiger partial charge in [-0.25, -0.2) is 4.79 Å². The third-order valence-electron chi connectivity index (χ3n) is 5.38. The standard InChI is InChI=1S/C23H20N4O3/c28-21-23(10-11-23)26-20(14-25-22(29)30-15-16-5-2-1-3-6-16)27(21)18-9-8-17-7-4-12-24-19(17)13-18/h1-9,12-13H,10-11,14-15H2,(H,25,29). The lowest BCUT2D eigenvalue weighted by atomic mass is 10.1. The molecule has 0 atom stereocenters. The molecule has 1 saturated carbocycles. The second kappa shape index (κ2) is 7.26. The maximum absolute atomic E-state index is 13.0. The molecule has 1 aliphatic carbocycles. The number of rotatable bonds is 5. The van der Waals surface area contributed by atoms with Crippen molar-refractivity contribution in [1.82, 2.24) is 10.3 Å². The highest BCUT2D eigenvalue weighted by atomic mass is 16.5. The summed E-state index contributed by atoms with van der Waals surface area (Å²) in [6.45, 7) is 0.295. The number of aliphatic imine (C=N–C) groups is 1. The van der Waals surface area contributed by atoms with Crippen LogP contribution in [0.4, 0.5) is 10.5 Å². The Morgan fingerprint density at radius 1 is 1.10 bits per heavy atom. The highest BCUT2D eigenvalue weighted by Gasteiger charge is 2.57. The van der Waals surface area contributed by atoms with Crippen molar-refractivity contribution < 1.29 is 14.3 Å². The van der Waals surface area contributed by atoms with Crippen LogP contribution in [0, 0.1) is 0 Å². The zero-order valence-corrected chi connectivity index (χ0v) is 16.2. The fraction of sp³-hybridized carbons (Fsp3) is 0.217. The molecule has 2 aromatic carbocycles. The first kappa shape index (κ1) is 18.3. The lowest BCUT2D eigenvalue weighted by Gasteiger charge is -2.20. The maximum atomic E-state index is 13.0. The Hall–Kier alpha value is -3.74. The lowest BCUT2D eigenvalue weighted by molar-refractivity contribution is -0.119. The first-order valence-electron chi connectivity index (χ1n) is 9.87. The maximum Gasteiger partial charge on any atom is 0.407 e. The topological polar surface area (TPSA) is 83.9 Å². The Morgan fingerprint density at radius 2 is 1.93 bits per heavy atom. The number of pyridine rings is 1. The van der Waals surface area contributed by atoms with Gasteiger partial charge in [0.05, 0.1) is 17.7 Å². The van der Waals surface area contributed by atoms with Crippen LogP contribution in [-0.2, 0) is 16.1 Å². The quantitative estimate of drug-likeness (QED) is 0.711. The number of alkyl carbamates (subject to hydrolysis) is 1. The van der Waals surface area contributed by atoms with Gasteiger partial charge in [0, 0.05) is 11.6 Å². The molecule has 2 heterocycles. The van der Waals surface area contributed by atoms with Crippen LogP contribution in [0.5, 0.6) is 0 Å². The zero-order chi connectivity index (χ0) is 20.6. The van der Waals surface area contributed by atoms with E-state index in [1.807, 2.05) is 60.7 Å². The third-order valence-corrected chi connectivity index (χ3v) is 5.38. The van der Waals surface area contributed by atoms with Crippen LogP contribution >= 0.6 is 0 Å². The molecule has 0 radical (unpaired) electrons. The molecule has 1 aliphatic heterocycles. The van der Waals surface area contributed by atoms with Crippen molar-refractivity contribution >= 4 is 34.4 Å². The molecule has 0 unspecified atom stereocenters. The van der Waals surface area contributed by atoms with Gasteiger partial charge < -0.3 is 10.1 Å². The van der Waals surface area contributed by atoms with E-state index in [9.17, 15) is 9.59 Å². The summed E-state index contributed by atoms with van der Waals surface area (Å²) in [4.78, 5) is 35.8. The van der Waals surface area contributed by atoms with Gasteiger partial charge in [0.15, 0.2) is 0 Å². The van der Waals surface area contributed by atoms with Crippen LogP contribution in [0.3, 0.4) is 0 Å². The summed E-state index contributed by atoms with van der Waals surface area (Å²) in [7, 11) is 0. The summed E-state index contributed by atoms with van der Waals surface area (Å²) < 4.78 is 5.26. The van der Waals surface area contributed by atoms with Crippen LogP contribution in [0.25, 0.3) is 10.9 Å². The highest BCUT2D eigenvalue weighted by molar-refractivity contribution is 6.26. The van der Waals surface area contributed by atoms with Gasteiger partial charge in [0.2, 0.25) is 0 Å². The molecule has 2 aliphatic rings. The van der Waals surface area contributed by atoms with Gasteiger partial charge in [0.1, 0.15) is 18.0 Å². The van der Waals surface area contributed by atoms with Crippen molar-refractivity contribution in [3.05, 3.63) is 72.4 Å². The lowest BCUT2D eigenvalue weighted by Crippen LogP contribution is -2.41. The largest absolute Gasteiger partial charge is 0.445 e. The normalized spacial score (nSPS) is 16.6. The molecule has 1 N–H and O–H groups in total. The number of hydrogen-bond donors (Lipinski definition) is 1. The van der Waals surface area contributed by atoms with Crippen molar-refractivity contribution in [3.8, 4) is 0 Å². The van der Waals surface area contributed by atoms with Gasteiger partial charge in [-0.15, -0.1) is 0 Å². The van der Waals surface area contributed by atoms with E-state index < -0.39 is 11.6 Å². The van der Waals surface area contributed by atoms with Gasteiger partial charge in [-0.05, 0) is 36.6 Å². The molecular formula is C23H20N4O3. The van der Waals surface area contributed by atoms with E-state index in [4.69, 9.17) is 4.74 Å². The smallest absolute Gasteiger partial charge is 0.407 e. The number of nitrogens with zero attached hydrogens (tertiary/aromatic N) is 3. The molecule has 1 fully saturated rings. The van der Waals surface area contributed by atoms with Crippen molar-refractivity contribution in [2.75, 3.05) is 11.4 Å². The van der Waals surface area contributed by atoms with E-state index >= 15 is 0 Å². The van der Waals surface area contributed by atoms with Gasteiger partial charge in [-0.1, -0.05) is 42.5 Å². The Kier molecular flexibility index (Phi) is 4.43. The molecule has 150 valence electrons. The average molecular weight is 400 g/mol. The fourth-order valence-corrected chi connectivity index (χ4v) is 3.62. The molecule has 0 saturated heterocycles. The van der Waals surface area contributed by atoms with Gasteiger partial charge >= 0.3 is 6.09 Å². The molecule has 5 rings (SSSR count). The van der Waals surface area contributed by atoms with Crippen LogP contribution in [-0.4, -0.2) is 34.9 Å². The minimum absolute atomic E-state index is 0.0489. The second-order valence-electron chi connectivity index (χ2n) is 7.50. The van der Waals surface area contributed by atoms with E-state index in [0.29, 0.717) is 11.5 Å². The number of aromatic nitrogens is 1. The average Bonchev–Trinajstić information content (AvgIpc) is 3.51. The molecule has 2 amide bonds.